The summed E-state index contributed by atoms with van der Waals surface area (Å²) in [7, 11) is 1.08. The molecule has 1 aliphatic rings. The predicted octanol–water partition coefficient (Wildman–Crippen LogP) is 2.76. The predicted molar refractivity (Wildman–Crippen MR) is 103 cm³/mol. The van der Waals surface area contributed by atoms with Crippen molar-refractivity contribution in [1.29, 1.82) is 0 Å². The summed E-state index contributed by atoms with van der Waals surface area (Å²) in [6.45, 7) is 6.43. The zero-order valence-corrected chi connectivity index (χ0v) is 16.9. The lowest BCUT2D eigenvalue weighted by Gasteiger charge is -2.30. The zero-order chi connectivity index (χ0) is 14.3. The Bertz CT molecular complexity index is 366. The number of hydrogen-bond donors (Lipinski definition) is 2. The lowest BCUT2D eigenvalue weighted by molar-refractivity contribution is 0.414. The van der Waals surface area contributed by atoms with Crippen molar-refractivity contribution in [3.05, 3.63) is 11.1 Å². The van der Waals surface area contributed by atoms with Crippen LogP contribution in [0.3, 0.4) is 0 Å². The van der Waals surface area contributed by atoms with Crippen LogP contribution in [0.2, 0.25) is 0 Å². The van der Waals surface area contributed by atoms with Crippen LogP contribution >= 0.6 is 39.9 Å². The van der Waals surface area contributed by atoms with Gasteiger partial charge in [0.15, 0.2) is 5.96 Å². The maximum atomic E-state index is 11.9. The smallest absolute Gasteiger partial charge is 0.191 e. The maximum Gasteiger partial charge on any atom is 0.191 e. The van der Waals surface area contributed by atoms with Crippen LogP contribution < -0.4 is 10.6 Å². The summed E-state index contributed by atoms with van der Waals surface area (Å²) in [4.78, 5) is 4.20. The summed E-state index contributed by atoms with van der Waals surface area (Å²) in [5.74, 6) is 1.54. The van der Waals surface area contributed by atoms with Crippen molar-refractivity contribution in [3.63, 3.8) is 0 Å². The van der Waals surface area contributed by atoms with E-state index in [2.05, 4.69) is 38.1 Å². The molecule has 0 aromatic heterocycles. The highest BCUT2D eigenvalue weighted by molar-refractivity contribution is 14.0. The normalized spacial score (nSPS) is 24.4. The van der Waals surface area contributed by atoms with E-state index in [4.69, 9.17) is 0 Å². The Kier molecular flexibility index (Phi) is 11.2. The van der Waals surface area contributed by atoms with E-state index in [-0.39, 0.29) is 24.0 Å². The molecule has 1 saturated carbocycles. The fraction of sp³-hybridized carbons (Fsp3) is 0.769. The lowest BCUT2D eigenvalue weighted by Crippen LogP contribution is -2.46. The standard InChI is InChI=1S/C13H24BrN3OS.HI/c1-4-19(18)12-7-5-6-11(8-12)17-13(15-3)16-9-10(2)14;/h11-12H,2,4-9H2,1,3H3,(H2,15,16,17);1H. The minimum Gasteiger partial charge on any atom is -0.354 e. The first kappa shape index (κ1) is 20.4. The molecule has 118 valence electrons. The maximum absolute atomic E-state index is 11.9. The van der Waals surface area contributed by atoms with Crippen molar-refractivity contribution in [1.82, 2.24) is 10.6 Å². The molecule has 0 heterocycles. The van der Waals surface area contributed by atoms with Gasteiger partial charge >= 0.3 is 0 Å². The summed E-state index contributed by atoms with van der Waals surface area (Å²) in [6, 6.07) is 0.365. The van der Waals surface area contributed by atoms with Gasteiger partial charge in [0, 0.05) is 45.9 Å². The average molecular weight is 478 g/mol. The Labute approximate surface area is 150 Å². The van der Waals surface area contributed by atoms with Crippen LogP contribution in [0.15, 0.2) is 16.1 Å². The van der Waals surface area contributed by atoms with Crippen LogP contribution in [0.4, 0.5) is 0 Å². The number of hydrogen-bond acceptors (Lipinski definition) is 2. The van der Waals surface area contributed by atoms with Gasteiger partial charge in [0.05, 0.1) is 0 Å². The van der Waals surface area contributed by atoms with E-state index in [0.29, 0.717) is 17.8 Å². The second-order valence-electron chi connectivity index (χ2n) is 4.74. The number of nitrogens with one attached hydrogen (secondary N) is 2. The number of halogens is 2. The average Bonchev–Trinajstić information content (AvgIpc) is 2.42. The van der Waals surface area contributed by atoms with E-state index in [0.717, 1.165) is 41.9 Å². The molecule has 2 N–H and O–H groups in total. The van der Waals surface area contributed by atoms with Crippen molar-refractivity contribution in [2.24, 2.45) is 4.99 Å². The Morgan fingerprint density at radius 2 is 2.20 bits per heavy atom. The molecule has 0 aromatic rings. The van der Waals surface area contributed by atoms with Crippen LogP contribution in [0, 0.1) is 0 Å². The third-order valence-electron chi connectivity index (χ3n) is 3.29. The van der Waals surface area contributed by atoms with Crippen LogP contribution in [0.25, 0.3) is 0 Å². The molecule has 3 unspecified atom stereocenters. The molecule has 0 aliphatic heterocycles. The zero-order valence-electron chi connectivity index (χ0n) is 12.2. The topological polar surface area (TPSA) is 53.5 Å². The number of rotatable bonds is 5. The highest BCUT2D eigenvalue weighted by Gasteiger charge is 2.25. The number of aliphatic imine (C=N–C) groups is 1. The first-order valence-corrected chi connectivity index (χ1v) is 8.92. The third-order valence-corrected chi connectivity index (χ3v) is 5.32. The van der Waals surface area contributed by atoms with Crippen LogP contribution in [-0.4, -0.2) is 40.8 Å². The molecule has 0 aromatic carbocycles. The van der Waals surface area contributed by atoms with E-state index in [9.17, 15) is 4.21 Å². The van der Waals surface area contributed by atoms with E-state index < -0.39 is 10.8 Å². The fourth-order valence-corrected chi connectivity index (χ4v) is 3.81. The second-order valence-corrected chi connectivity index (χ2v) is 7.87. The summed E-state index contributed by atoms with van der Waals surface area (Å²) in [6.07, 6.45) is 4.31. The Hall–Kier alpha value is 0.370. The molecular formula is C13H25BrIN3OS. The molecule has 0 spiro atoms. The molecule has 0 radical (unpaired) electrons. The molecule has 1 fully saturated rings. The minimum absolute atomic E-state index is 0. The van der Waals surface area contributed by atoms with Gasteiger partial charge in [0.1, 0.15) is 0 Å². The van der Waals surface area contributed by atoms with Crippen molar-refractivity contribution in [2.75, 3.05) is 19.3 Å². The molecule has 0 saturated heterocycles. The fourth-order valence-electron chi connectivity index (χ4n) is 2.32. The van der Waals surface area contributed by atoms with Gasteiger partial charge in [0.2, 0.25) is 0 Å². The van der Waals surface area contributed by atoms with E-state index >= 15 is 0 Å². The van der Waals surface area contributed by atoms with Crippen molar-refractivity contribution in [2.45, 2.75) is 43.9 Å². The Balaban J connectivity index is 0.00000361. The van der Waals surface area contributed by atoms with Gasteiger partial charge in [0.25, 0.3) is 0 Å². The minimum atomic E-state index is -0.684. The molecule has 3 atom stereocenters. The SMILES string of the molecule is C=C(Br)CNC(=NC)NC1CCCC(S(=O)CC)C1.I. The summed E-state index contributed by atoms with van der Waals surface area (Å²) in [5, 5.41) is 6.94. The summed E-state index contributed by atoms with van der Waals surface area (Å²) in [5.41, 5.74) is 0. The quantitative estimate of drug-likeness (QED) is 0.363. The van der Waals surface area contributed by atoms with Gasteiger partial charge in [-0.25, -0.2) is 0 Å². The van der Waals surface area contributed by atoms with Gasteiger partial charge in [-0.2, -0.15) is 0 Å². The van der Waals surface area contributed by atoms with Gasteiger partial charge in [-0.05, 0) is 19.3 Å². The number of nitrogens with zero attached hydrogens (tertiary/aromatic N) is 1. The summed E-state index contributed by atoms with van der Waals surface area (Å²) >= 11 is 3.32. The van der Waals surface area contributed by atoms with Gasteiger partial charge in [-0.1, -0.05) is 35.9 Å². The van der Waals surface area contributed by atoms with E-state index in [1.165, 1.54) is 0 Å². The van der Waals surface area contributed by atoms with Crippen LogP contribution in [0.1, 0.15) is 32.6 Å². The Morgan fingerprint density at radius 3 is 2.75 bits per heavy atom. The molecule has 0 amide bonds. The highest BCUT2D eigenvalue weighted by Crippen LogP contribution is 2.22. The van der Waals surface area contributed by atoms with Crippen molar-refractivity contribution >= 4 is 56.7 Å². The molecule has 1 rings (SSSR count). The highest BCUT2D eigenvalue weighted by atomic mass is 127. The number of guanidine groups is 1. The molecule has 0 bridgehead atoms. The monoisotopic (exact) mass is 477 g/mol. The largest absolute Gasteiger partial charge is 0.354 e. The second kappa shape index (κ2) is 11.0. The summed E-state index contributed by atoms with van der Waals surface area (Å²) < 4.78 is 12.8. The van der Waals surface area contributed by atoms with Gasteiger partial charge in [-0.3, -0.25) is 9.20 Å². The third kappa shape index (κ3) is 7.40. The molecular weight excluding hydrogens is 453 g/mol. The molecule has 4 nitrogen and oxygen atoms in total. The first-order chi connectivity index (χ1) is 9.06. The Morgan fingerprint density at radius 1 is 1.50 bits per heavy atom. The van der Waals surface area contributed by atoms with Crippen molar-refractivity contribution < 1.29 is 4.21 Å². The van der Waals surface area contributed by atoms with Gasteiger partial charge < -0.3 is 10.6 Å². The lowest BCUT2D eigenvalue weighted by atomic mass is 9.95. The molecule has 20 heavy (non-hydrogen) atoms. The van der Waals surface area contributed by atoms with Crippen molar-refractivity contribution in [3.8, 4) is 0 Å². The van der Waals surface area contributed by atoms with Crippen LogP contribution in [-0.2, 0) is 10.8 Å². The van der Waals surface area contributed by atoms with E-state index in [1.807, 2.05) is 6.92 Å². The van der Waals surface area contributed by atoms with Gasteiger partial charge in [-0.15, -0.1) is 24.0 Å². The van der Waals surface area contributed by atoms with Crippen LogP contribution in [0.5, 0.6) is 0 Å². The first-order valence-electron chi connectivity index (χ1n) is 6.74. The molecule has 1 aliphatic carbocycles. The molecule has 7 heteroatoms. The van der Waals surface area contributed by atoms with E-state index in [1.54, 1.807) is 7.05 Å².